The number of pyridine rings is 1. The molecule has 0 fully saturated rings. The average molecular weight is 272 g/mol. The van der Waals surface area contributed by atoms with Gasteiger partial charge in [0, 0.05) is 10.6 Å². The number of para-hydroxylation sites is 2. The lowest BCUT2D eigenvalue weighted by molar-refractivity contribution is 1.16. The van der Waals surface area contributed by atoms with E-state index in [-0.39, 0.29) is 0 Å². The molecule has 0 N–H and O–H groups in total. The molecule has 2 heteroatoms. The van der Waals surface area contributed by atoms with Gasteiger partial charge in [0.1, 0.15) is 5.65 Å². The maximum Gasteiger partial charge on any atom is 0.146 e. The summed E-state index contributed by atoms with van der Waals surface area (Å²) in [5.74, 6) is 0. The van der Waals surface area contributed by atoms with Crippen LogP contribution in [0.3, 0.4) is 0 Å². The first-order valence-electron chi connectivity index (χ1n) is 7.25. The van der Waals surface area contributed by atoms with Crippen LogP contribution in [0.4, 0.5) is 0 Å². The first-order chi connectivity index (χ1) is 10.3. The van der Waals surface area contributed by atoms with E-state index in [0.717, 1.165) is 16.7 Å². The van der Waals surface area contributed by atoms with Crippen LogP contribution in [0.5, 0.6) is 0 Å². The van der Waals surface area contributed by atoms with E-state index < -0.39 is 0 Å². The summed E-state index contributed by atoms with van der Waals surface area (Å²) in [6, 6.07) is 16.8. The molecule has 0 aliphatic rings. The molecule has 0 aliphatic heterocycles. The minimum Gasteiger partial charge on any atom is -0.292 e. The lowest BCUT2D eigenvalue weighted by atomic mass is 10.1. The van der Waals surface area contributed by atoms with Gasteiger partial charge in [-0.25, -0.2) is 4.98 Å². The molecule has 0 radical (unpaired) electrons. The topological polar surface area (TPSA) is 17.3 Å². The number of rotatable bonds is 0. The van der Waals surface area contributed by atoms with Gasteiger partial charge in [0.25, 0.3) is 0 Å². The van der Waals surface area contributed by atoms with Crippen molar-refractivity contribution in [1.29, 1.82) is 0 Å². The SMILES string of the molecule is C/C=c1\c(=C/C)n2c3ccccc3nc2c2ccccc12. The lowest BCUT2D eigenvalue weighted by Gasteiger charge is -2.05. The monoisotopic (exact) mass is 272 g/mol. The van der Waals surface area contributed by atoms with Gasteiger partial charge >= 0.3 is 0 Å². The molecule has 0 aliphatic carbocycles. The molecule has 4 rings (SSSR count). The molecule has 0 amide bonds. The van der Waals surface area contributed by atoms with Crippen LogP contribution in [0.15, 0.2) is 48.5 Å². The summed E-state index contributed by atoms with van der Waals surface area (Å²) >= 11 is 0. The van der Waals surface area contributed by atoms with Crippen molar-refractivity contribution >= 4 is 39.6 Å². The molecule has 2 aromatic carbocycles. The second-order valence-corrected chi connectivity index (χ2v) is 5.18. The van der Waals surface area contributed by atoms with Crippen molar-refractivity contribution in [2.24, 2.45) is 0 Å². The van der Waals surface area contributed by atoms with Crippen molar-refractivity contribution < 1.29 is 0 Å². The Morgan fingerprint density at radius 1 is 0.857 bits per heavy atom. The standard InChI is InChI=1S/C19H16N2/c1-3-13-14-9-5-6-10-15(14)19-20-16-11-7-8-12-18(16)21(19)17(13)4-2/h3-12H,1-2H3/b13-3-,17-4+. The zero-order chi connectivity index (χ0) is 14.4. The van der Waals surface area contributed by atoms with Gasteiger partial charge in [-0.3, -0.25) is 4.40 Å². The largest absolute Gasteiger partial charge is 0.292 e. The summed E-state index contributed by atoms with van der Waals surface area (Å²) in [6.07, 6.45) is 4.36. The fraction of sp³-hybridized carbons (Fsp3) is 0.105. The summed E-state index contributed by atoms with van der Waals surface area (Å²) < 4.78 is 2.27. The molecule has 0 saturated carbocycles. The highest BCUT2D eigenvalue weighted by Crippen LogP contribution is 2.20. The molecule has 2 aromatic heterocycles. The highest BCUT2D eigenvalue weighted by atomic mass is 15.0. The normalized spacial score (nSPS) is 13.8. The minimum atomic E-state index is 1.03. The highest BCUT2D eigenvalue weighted by molar-refractivity contribution is 5.98. The zero-order valence-corrected chi connectivity index (χ0v) is 12.2. The number of hydrogen-bond donors (Lipinski definition) is 0. The predicted molar refractivity (Wildman–Crippen MR) is 89.7 cm³/mol. The Balaban J connectivity index is 2.51. The van der Waals surface area contributed by atoms with Crippen molar-refractivity contribution in [3.05, 3.63) is 59.1 Å². The Bertz CT molecular complexity index is 1100. The van der Waals surface area contributed by atoms with Gasteiger partial charge in [0.2, 0.25) is 0 Å². The summed E-state index contributed by atoms with van der Waals surface area (Å²) in [7, 11) is 0. The number of aromatic nitrogens is 2. The molecule has 2 heterocycles. The van der Waals surface area contributed by atoms with Gasteiger partial charge in [-0.1, -0.05) is 48.6 Å². The summed E-state index contributed by atoms with van der Waals surface area (Å²) in [6.45, 7) is 4.19. The summed E-state index contributed by atoms with van der Waals surface area (Å²) in [5, 5.41) is 4.94. The van der Waals surface area contributed by atoms with E-state index >= 15 is 0 Å². The number of hydrogen-bond acceptors (Lipinski definition) is 1. The van der Waals surface area contributed by atoms with Crippen LogP contribution < -0.4 is 10.6 Å². The summed E-state index contributed by atoms with van der Waals surface area (Å²) in [4.78, 5) is 4.86. The third kappa shape index (κ3) is 1.56. The third-order valence-electron chi connectivity index (χ3n) is 4.10. The highest BCUT2D eigenvalue weighted by Gasteiger charge is 2.10. The molecule has 0 spiro atoms. The van der Waals surface area contributed by atoms with Gasteiger partial charge in [0.15, 0.2) is 0 Å². The molecule has 4 aromatic rings. The Hall–Kier alpha value is -2.61. The van der Waals surface area contributed by atoms with Crippen LogP contribution in [-0.4, -0.2) is 9.38 Å². The number of nitrogens with zero attached hydrogens (tertiary/aromatic N) is 2. The molecule has 102 valence electrons. The fourth-order valence-corrected chi connectivity index (χ4v) is 3.21. The van der Waals surface area contributed by atoms with Crippen molar-refractivity contribution in [2.45, 2.75) is 13.8 Å². The number of imidazole rings is 1. The van der Waals surface area contributed by atoms with E-state index in [1.165, 1.54) is 21.3 Å². The zero-order valence-electron chi connectivity index (χ0n) is 12.2. The van der Waals surface area contributed by atoms with Gasteiger partial charge in [-0.2, -0.15) is 0 Å². The molecule has 0 bridgehead atoms. The van der Waals surface area contributed by atoms with E-state index in [1.54, 1.807) is 0 Å². The Morgan fingerprint density at radius 3 is 2.33 bits per heavy atom. The first-order valence-corrected chi connectivity index (χ1v) is 7.25. The van der Waals surface area contributed by atoms with Crippen LogP contribution in [0.25, 0.3) is 39.6 Å². The predicted octanol–water partition coefficient (Wildman–Crippen LogP) is 3.24. The van der Waals surface area contributed by atoms with Crippen LogP contribution in [0, 0.1) is 0 Å². The second kappa shape index (κ2) is 4.45. The molecule has 0 saturated heterocycles. The lowest BCUT2D eigenvalue weighted by Crippen LogP contribution is -2.32. The molecule has 0 atom stereocenters. The van der Waals surface area contributed by atoms with Crippen LogP contribution in [0.1, 0.15) is 13.8 Å². The van der Waals surface area contributed by atoms with E-state index in [2.05, 4.69) is 72.9 Å². The maximum absolute atomic E-state index is 4.86. The van der Waals surface area contributed by atoms with E-state index in [9.17, 15) is 0 Å². The Morgan fingerprint density at radius 2 is 1.57 bits per heavy atom. The number of fused-ring (bicyclic) bond motifs is 5. The Labute approximate surface area is 122 Å². The van der Waals surface area contributed by atoms with Gasteiger partial charge < -0.3 is 0 Å². The minimum absolute atomic E-state index is 1.03. The quantitative estimate of drug-likeness (QED) is 0.480. The second-order valence-electron chi connectivity index (χ2n) is 5.18. The van der Waals surface area contributed by atoms with E-state index in [4.69, 9.17) is 4.98 Å². The van der Waals surface area contributed by atoms with Crippen LogP contribution in [-0.2, 0) is 0 Å². The molecule has 0 unspecified atom stereocenters. The van der Waals surface area contributed by atoms with Crippen LogP contribution >= 0.6 is 0 Å². The summed E-state index contributed by atoms with van der Waals surface area (Å²) in [5.41, 5.74) is 3.24. The third-order valence-corrected chi connectivity index (χ3v) is 4.10. The van der Waals surface area contributed by atoms with Gasteiger partial charge in [0.05, 0.1) is 16.4 Å². The molecular formula is C19H16N2. The van der Waals surface area contributed by atoms with Crippen molar-refractivity contribution in [3.8, 4) is 0 Å². The van der Waals surface area contributed by atoms with Crippen molar-refractivity contribution in [2.75, 3.05) is 0 Å². The first kappa shape index (κ1) is 12.2. The molecule has 21 heavy (non-hydrogen) atoms. The van der Waals surface area contributed by atoms with E-state index in [1.807, 2.05) is 6.07 Å². The molecule has 2 nitrogen and oxygen atoms in total. The van der Waals surface area contributed by atoms with Crippen LogP contribution in [0.2, 0.25) is 0 Å². The maximum atomic E-state index is 4.86. The Kier molecular flexibility index (Phi) is 2.58. The fourth-order valence-electron chi connectivity index (χ4n) is 3.21. The van der Waals surface area contributed by atoms with Crippen molar-refractivity contribution in [3.63, 3.8) is 0 Å². The van der Waals surface area contributed by atoms with Gasteiger partial charge in [-0.05, 0) is 31.4 Å². The number of benzene rings is 2. The van der Waals surface area contributed by atoms with Crippen molar-refractivity contribution in [1.82, 2.24) is 9.38 Å². The van der Waals surface area contributed by atoms with Gasteiger partial charge in [-0.15, -0.1) is 0 Å². The van der Waals surface area contributed by atoms with E-state index in [0.29, 0.717) is 0 Å². The average Bonchev–Trinajstić information content (AvgIpc) is 2.93. The molecular weight excluding hydrogens is 256 g/mol. The smallest absolute Gasteiger partial charge is 0.146 e.